The number of aromatic nitrogens is 12. The molecule has 0 saturated heterocycles. The van der Waals surface area contributed by atoms with Gasteiger partial charge in [0, 0.05) is 106 Å². The summed E-state index contributed by atoms with van der Waals surface area (Å²) in [6, 6.07) is 6.90. The Morgan fingerprint density at radius 2 is 1.19 bits per heavy atom. The van der Waals surface area contributed by atoms with Crippen molar-refractivity contribution in [3.8, 4) is 22.6 Å². The first-order valence-electron chi connectivity index (χ1n) is 21.5. The Labute approximate surface area is 399 Å². The molecule has 0 saturated carbocycles. The largest absolute Gasteiger partial charge is 0.493 e. The molecule has 22 heteroatoms. The monoisotopic (exact) mass is 974 g/mol. The van der Waals surface area contributed by atoms with E-state index in [0.29, 0.717) is 61.3 Å². The number of nitrogens with zero attached hydrogens (tertiary/aromatic N) is 12. The van der Waals surface area contributed by atoms with E-state index >= 15 is 0 Å². The Kier molecular flexibility index (Phi) is 16.7. The van der Waals surface area contributed by atoms with Gasteiger partial charge in [0.2, 0.25) is 0 Å². The molecule has 0 atom stereocenters. The van der Waals surface area contributed by atoms with Crippen LogP contribution in [0.2, 0.25) is 0 Å². The number of hydrogen-bond donors (Lipinski definition) is 2. The molecule has 6 aromatic heterocycles. The highest BCUT2D eigenvalue weighted by Gasteiger charge is 2.23. The Balaban J connectivity index is 0.000000176. The Morgan fingerprint density at radius 1 is 0.701 bits per heavy atom. The number of fused-ring (bicyclic) bond motifs is 4. The fraction of sp³-hybridized carbons (Fsp3) is 0.378. The number of aryl methyl sites for hydroxylation is 4. The van der Waals surface area contributed by atoms with Crippen LogP contribution in [0, 0.1) is 25.5 Å². The topological polar surface area (TPSA) is 181 Å². The molecule has 2 aromatic carbocycles. The standard InChI is InChI=1S/C22H23FN6O.C15H12BrFN4O.C7H13BN2O2.CH4.B2/c1-13(2)29-11-18(14(3)27-29)17-10-24-21(28-12-25-26-22(17)28)7-4-15-16-8-9-30-20(16)6-5-19(15)23;16-11-7-18-14(21-8-19-20-15(11)21)4-1-9-10-5-6-22-13(10)3-2-12(9)17;1-5(2)10-4-7(8(11)12)6(3)9-10;;1-2/h5-6,10-13H,4,7-9H2,1-3H3;2-3,7-8H,1,4-6H2;4-5,11-12H,1-3H3;1H4;. The molecule has 4 radical (unpaired) electrons. The normalized spacial score (nSPS) is 12.3. The lowest BCUT2D eigenvalue weighted by Crippen LogP contribution is -2.30. The summed E-state index contributed by atoms with van der Waals surface area (Å²) in [5.74, 6) is 2.83. The zero-order valence-electron chi connectivity index (χ0n) is 37.5. The van der Waals surface area contributed by atoms with Crippen molar-refractivity contribution in [2.24, 2.45) is 0 Å². The highest BCUT2D eigenvalue weighted by Crippen LogP contribution is 2.33. The molecule has 346 valence electrons. The fourth-order valence-corrected chi connectivity index (χ4v) is 8.31. The van der Waals surface area contributed by atoms with Crippen LogP contribution in [0.4, 0.5) is 8.78 Å². The van der Waals surface area contributed by atoms with Crippen LogP contribution in [-0.4, -0.2) is 105 Å². The molecule has 8 heterocycles. The van der Waals surface area contributed by atoms with Gasteiger partial charge in [0.1, 0.15) is 47.4 Å². The molecular formula is C45H52B3BrF2N12O4. The number of ether oxygens (including phenoxy) is 2. The molecule has 0 fully saturated rings. The third-order valence-corrected chi connectivity index (χ3v) is 11.9. The van der Waals surface area contributed by atoms with Gasteiger partial charge >= 0.3 is 7.12 Å². The summed E-state index contributed by atoms with van der Waals surface area (Å²) in [5.41, 5.74) is 8.78. The second kappa shape index (κ2) is 22.2. The van der Waals surface area contributed by atoms with Crippen LogP contribution in [0.15, 0.2) is 66.2 Å². The predicted molar refractivity (Wildman–Crippen MR) is 257 cm³/mol. The molecule has 16 nitrogen and oxygen atoms in total. The molecule has 0 spiro atoms. The van der Waals surface area contributed by atoms with Crippen molar-refractivity contribution < 1.29 is 28.3 Å². The van der Waals surface area contributed by atoms with Crippen molar-refractivity contribution >= 4 is 55.3 Å². The van der Waals surface area contributed by atoms with Crippen molar-refractivity contribution in [3.05, 3.63) is 123 Å². The molecule has 67 heavy (non-hydrogen) atoms. The predicted octanol–water partition coefficient (Wildman–Crippen LogP) is 5.81. The second-order valence-electron chi connectivity index (χ2n) is 16.2. The Bertz CT molecular complexity index is 2960. The maximum absolute atomic E-state index is 14.5. The average Bonchev–Trinajstić information content (AvgIpc) is 4.16. The van der Waals surface area contributed by atoms with E-state index in [1.54, 1.807) is 48.8 Å². The van der Waals surface area contributed by atoms with Crippen LogP contribution in [0.5, 0.6) is 11.5 Å². The lowest BCUT2D eigenvalue weighted by atomic mass is 9.81. The third kappa shape index (κ3) is 10.9. The molecule has 2 aliphatic rings. The van der Waals surface area contributed by atoms with Crippen LogP contribution in [0.1, 0.15) is 92.5 Å². The van der Waals surface area contributed by atoms with Gasteiger partial charge in [0.25, 0.3) is 0 Å². The number of hydrogen-bond acceptors (Lipinski definition) is 12. The van der Waals surface area contributed by atoms with E-state index in [1.807, 2.05) is 46.6 Å². The van der Waals surface area contributed by atoms with Crippen LogP contribution >= 0.6 is 15.9 Å². The van der Waals surface area contributed by atoms with Crippen molar-refractivity contribution in [1.29, 1.82) is 0 Å². The zero-order valence-corrected chi connectivity index (χ0v) is 39.1. The molecule has 0 aliphatic carbocycles. The molecule has 2 aliphatic heterocycles. The van der Waals surface area contributed by atoms with E-state index in [4.69, 9.17) is 19.5 Å². The summed E-state index contributed by atoms with van der Waals surface area (Å²) in [6.07, 6.45) is 14.3. The fourth-order valence-electron chi connectivity index (χ4n) is 7.93. The van der Waals surface area contributed by atoms with E-state index in [1.165, 1.54) is 12.1 Å². The molecular weight excluding hydrogens is 923 g/mol. The summed E-state index contributed by atoms with van der Waals surface area (Å²) in [6.45, 7) is 13.1. The number of benzene rings is 2. The lowest BCUT2D eigenvalue weighted by molar-refractivity contribution is 0.356. The summed E-state index contributed by atoms with van der Waals surface area (Å²) >= 11 is 3.40. The van der Waals surface area contributed by atoms with Gasteiger partial charge in [-0.05, 0) is 106 Å². The third-order valence-electron chi connectivity index (χ3n) is 11.4. The Morgan fingerprint density at radius 3 is 1.69 bits per heavy atom. The van der Waals surface area contributed by atoms with Gasteiger partial charge in [-0.15, -0.1) is 20.4 Å². The highest BCUT2D eigenvalue weighted by molar-refractivity contribution is 9.10. The molecule has 10 rings (SSSR count). The minimum atomic E-state index is -1.42. The van der Waals surface area contributed by atoms with Crippen LogP contribution in [0.3, 0.4) is 0 Å². The minimum Gasteiger partial charge on any atom is -0.493 e. The van der Waals surface area contributed by atoms with E-state index < -0.39 is 7.12 Å². The van der Waals surface area contributed by atoms with Gasteiger partial charge < -0.3 is 19.5 Å². The maximum Gasteiger partial charge on any atom is 0.491 e. The van der Waals surface area contributed by atoms with Crippen molar-refractivity contribution in [1.82, 2.24) is 58.7 Å². The Hall–Kier alpha value is -5.99. The smallest absolute Gasteiger partial charge is 0.491 e. The highest BCUT2D eigenvalue weighted by atomic mass is 79.9. The van der Waals surface area contributed by atoms with E-state index in [-0.39, 0.29) is 31.1 Å². The summed E-state index contributed by atoms with van der Waals surface area (Å²) in [7, 11) is 6.58. The van der Waals surface area contributed by atoms with Gasteiger partial charge in [-0.1, -0.05) is 7.43 Å². The maximum atomic E-state index is 14.5. The van der Waals surface area contributed by atoms with Crippen LogP contribution in [-0.2, 0) is 38.5 Å². The molecule has 2 N–H and O–H groups in total. The zero-order chi connectivity index (χ0) is 47.2. The van der Waals surface area contributed by atoms with E-state index in [2.05, 4.69) is 85.8 Å². The lowest BCUT2D eigenvalue weighted by Gasteiger charge is -2.10. The number of halogens is 3. The van der Waals surface area contributed by atoms with Gasteiger partial charge in [0.15, 0.2) is 11.3 Å². The van der Waals surface area contributed by atoms with Crippen LogP contribution in [0.25, 0.3) is 22.4 Å². The van der Waals surface area contributed by atoms with Gasteiger partial charge in [-0.25, -0.2) is 18.7 Å². The first-order chi connectivity index (χ1) is 31.8. The SMILES string of the molecule is C.Cc1nn(C(C)C)cc1-c1cnc(CCc2c(F)ccc3c2CCO3)n2cnnc12.Cc1nn(C(C)C)cc1B(O)O.Fc1ccc2c(c1CCc1ncc(Br)c3nncn13)CCO2.[B][B]. The van der Waals surface area contributed by atoms with Crippen molar-refractivity contribution in [3.63, 3.8) is 0 Å². The van der Waals surface area contributed by atoms with Gasteiger partial charge in [-0.2, -0.15) is 10.2 Å². The first-order valence-corrected chi connectivity index (χ1v) is 22.3. The quantitative estimate of drug-likeness (QED) is 0.157. The van der Waals surface area contributed by atoms with Crippen molar-refractivity contribution in [2.45, 2.75) is 99.6 Å². The second-order valence-corrected chi connectivity index (χ2v) is 17.0. The average molecular weight is 975 g/mol. The molecule has 0 bridgehead atoms. The van der Waals surface area contributed by atoms with Gasteiger partial charge in [0.05, 0.1) is 29.1 Å². The molecule has 8 aromatic rings. The number of rotatable bonds is 10. The van der Waals surface area contributed by atoms with Crippen LogP contribution < -0.4 is 14.9 Å². The summed E-state index contributed by atoms with van der Waals surface area (Å²) < 4.78 is 47.9. The molecule has 0 unspecified atom stereocenters. The van der Waals surface area contributed by atoms with Crippen molar-refractivity contribution in [2.75, 3.05) is 13.2 Å². The summed E-state index contributed by atoms with van der Waals surface area (Å²) in [5, 5.41) is 42.9. The van der Waals surface area contributed by atoms with Gasteiger partial charge in [-0.3, -0.25) is 18.2 Å². The van der Waals surface area contributed by atoms with E-state index in [9.17, 15) is 8.78 Å². The first kappa shape index (κ1) is 50.4. The van der Waals surface area contributed by atoms with E-state index in [0.717, 1.165) is 79.6 Å². The minimum absolute atomic E-state index is 0. The summed E-state index contributed by atoms with van der Waals surface area (Å²) in [4.78, 5) is 9.08. The molecule has 0 amide bonds.